The second-order valence-corrected chi connectivity index (χ2v) is 8.39. The van der Waals surface area contributed by atoms with E-state index in [-0.39, 0.29) is 30.4 Å². The van der Waals surface area contributed by atoms with E-state index in [1.54, 1.807) is 19.1 Å². The Hall–Kier alpha value is -2.12. The second-order valence-electron chi connectivity index (χ2n) is 6.48. The van der Waals surface area contributed by atoms with Gasteiger partial charge in [-0.15, -0.1) is 0 Å². The van der Waals surface area contributed by atoms with Gasteiger partial charge in [0.05, 0.1) is 17.9 Å². The number of ether oxygens (including phenoxy) is 1. The molecule has 7 heteroatoms. The maximum atomic E-state index is 13.3. The average Bonchev–Trinajstić information content (AvgIpc) is 2.64. The molecular formula is C20H28N2O4S. The fourth-order valence-corrected chi connectivity index (χ4v) is 4.81. The van der Waals surface area contributed by atoms with E-state index in [1.165, 1.54) is 4.31 Å². The Balaban J connectivity index is 2.46. The minimum Gasteiger partial charge on any atom is -0.466 e. The highest BCUT2D eigenvalue weighted by atomic mass is 32.2. The molecule has 0 amide bonds. The van der Waals surface area contributed by atoms with Crippen LogP contribution in [0.3, 0.4) is 0 Å². The van der Waals surface area contributed by atoms with E-state index < -0.39 is 10.0 Å². The summed E-state index contributed by atoms with van der Waals surface area (Å²) < 4.78 is 33.0. The number of anilines is 1. The first kappa shape index (κ1) is 21.2. The summed E-state index contributed by atoms with van der Waals surface area (Å²) in [7, 11) is 0.123. The molecule has 6 nitrogen and oxygen atoms in total. The first-order chi connectivity index (χ1) is 12.8. The van der Waals surface area contributed by atoms with Crippen molar-refractivity contribution in [1.82, 2.24) is 4.31 Å². The van der Waals surface area contributed by atoms with Gasteiger partial charge in [-0.25, -0.2) is 8.42 Å². The topological polar surface area (TPSA) is 66.9 Å². The lowest BCUT2D eigenvalue weighted by molar-refractivity contribution is -0.143. The molecule has 2 rings (SSSR count). The third-order valence-electron chi connectivity index (χ3n) is 4.30. The van der Waals surface area contributed by atoms with Gasteiger partial charge in [-0.1, -0.05) is 31.2 Å². The molecule has 0 atom stereocenters. The van der Waals surface area contributed by atoms with E-state index in [0.717, 1.165) is 11.1 Å². The molecule has 0 bridgehead atoms. The molecular weight excluding hydrogens is 364 g/mol. The minimum atomic E-state index is -3.74. The van der Waals surface area contributed by atoms with Crippen molar-refractivity contribution in [2.45, 2.75) is 31.6 Å². The number of hydrogen-bond acceptors (Lipinski definition) is 5. The summed E-state index contributed by atoms with van der Waals surface area (Å²) in [5.74, 6) is -0.387. The van der Waals surface area contributed by atoms with Crippen molar-refractivity contribution < 1.29 is 17.9 Å². The Bertz CT molecular complexity index is 894. The van der Waals surface area contributed by atoms with Gasteiger partial charge in [-0.2, -0.15) is 4.31 Å². The molecule has 0 saturated carbocycles. The number of nitrogens with zero attached hydrogens (tertiary/aromatic N) is 2. The van der Waals surface area contributed by atoms with Crippen LogP contribution in [0, 0.1) is 0 Å². The van der Waals surface area contributed by atoms with Crippen molar-refractivity contribution in [3.8, 4) is 0 Å². The fraction of sp³-hybridized carbons (Fsp3) is 0.450. The number of carbonyl (C=O) groups excluding carboxylic acids is 1. The number of benzene rings is 2. The van der Waals surface area contributed by atoms with Gasteiger partial charge in [0.25, 0.3) is 0 Å². The smallest absolute Gasteiger partial charge is 0.307 e. The van der Waals surface area contributed by atoms with Crippen LogP contribution in [0.1, 0.15) is 26.7 Å². The van der Waals surface area contributed by atoms with Crippen molar-refractivity contribution in [2.24, 2.45) is 0 Å². The van der Waals surface area contributed by atoms with Gasteiger partial charge in [0.1, 0.15) is 0 Å². The Labute approximate surface area is 161 Å². The summed E-state index contributed by atoms with van der Waals surface area (Å²) in [6, 6.07) is 11.0. The third kappa shape index (κ3) is 4.78. The molecule has 0 heterocycles. The summed E-state index contributed by atoms with van der Waals surface area (Å²) >= 11 is 0. The molecule has 0 saturated heterocycles. The Morgan fingerprint density at radius 3 is 2.30 bits per heavy atom. The Kier molecular flexibility index (Phi) is 7.21. The predicted molar refractivity (Wildman–Crippen MR) is 109 cm³/mol. The number of rotatable bonds is 9. The van der Waals surface area contributed by atoms with Crippen molar-refractivity contribution in [1.29, 1.82) is 0 Å². The van der Waals surface area contributed by atoms with E-state index in [1.807, 2.05) is 50.2 Å². The second kappa shape index (κ2) is 9.19. The van der Waals surface area contributed by atoms with E-state index >= 15 is 0 Å². The van der Waals surface area contributed by atoms with Crippen LogP contribution >= 0.6 is 0 Å². The first-order valence-corrected chi connectivity index (χ1v) is 10.6. The summed E-state index contributed by atoms with van der Waals surface area (Å²) in [6.07, 6.45) is 0.705. The Morgan fingerprint density at radius 2 is 1.67 bits per heavy atom. The molecule has 0 spiro atoms. The monoisotopic (exact) mass is 392 g/mol. The lowest BCUT2D eigenvalue weighted by atomic mass is 10.1. The summed E-state index contributed by atoms with van der Waals surface area (Å²) in [5, 5.41) is 1.56. The standard InChI is InChI=1S/C20H28N2O4S/c1-5-14-22(15-13-20(23)26-6-2)27(24,25)19-12-8-9-16-17(19)10-7-11-18(16)21(3)4/h7-12H,5-6,13-15H2,1-4H3. The number of fused-ring (bicyclic) bond motifs is 1. The molecule has 2 aromatic carbocycles. The van der Waals surface area contributed by atoms with E-state index in [4.69, 9.17) is 4.74 Å². The molecule has 0 unspecified atom stereocenters. The number of esters is 1. The van der Waals surface area contributed by atoms with Crippen molar-refractivity contribution >= 4 is 32.5 Å². The van der Waals surface area contributed by atoms with Crippen LogP contribution in [0.25, 0.3) is 10.8 Å². The molecule has 27 heavy (non-hydrogen) atoms. The SMILES string of the molecule is CCCN(CCC(=O)OCC)S(=O)(=O)c1cccc2c(N(C)C)cccc12. The normalized spacial score (nSPS) is 11.7. The van der Waals surface area contributed by atoms with Crippen LogP contribution < -0.4 is 4.90 Å². The van der Waals surface area contributed by atoms with Crippen LogP contribution in [0.4, 0.5) is 5.69 Å². The molecule has 0 aliphatic carbocycles. The van der Waals surface area contributed by atoms with Crippen molar-refractivity contribution in [2.75, 3.05) is 38.7 Å². The van der Waals surface area contributed by atoms with Gasteiger partial charge < -0.3 is 9.64 Å². The molecule has 0 aliphatic rings. The van der Waals surface area contributed by atoms with Crippen LogP contribution in [0.2, 0.25) is 0 Å². The van der Waals surface area contributed by atoms with E-state index in [9.17, 15) is 13.2 Å². The molecule has 0 fully saturated rings. The maximum absolute atomic E-state index is 13.3. The average molecular weight is 393 g/mol. The maximum Gasteiger partial charge on any atom is 0.307 e. The lowest BCUT2D eigenvalue weighted by Crippen LogP contribution is -2.34. The Morgan fingerprint density at radius 1 is 1.00 bits per heavy atom. The highest BCUT2D eigenvalue weighted by molar-refractivity contribution is 7.89. The molecule has 0 aliphatic heterocycles. The summed E-state index contributed by atoms with van der Waals surface area (Å²) in [5.41, 5.74) is 0.957. The van der Waals surface area contributed by atoms with Crippen LogP contribution in [-0.4, -0.2) is 52.5 Å². The quantitative estimate of drug-likeness (QED) is 0.613. The van der Waals surface area contributed by atoms with E-state index in [0.29, 0.717) is 18.4 Å². The van der Waals surface area contributed by atoms with Gasteiger partial charge in [0.15, 0.2) is 0 Å². The van der Waals surface area contributed by atoms with Crippen LogP contribution in [0.5, 0.6) is 0 Å². The van der Waals surface area contributed by atoms with Crippen LogP contribution in [0.15, 0.2) is 41.3 Å². The zero-order valence-corrected chi connectivity index (χ0v) is 17.3. The third-order valence-corrected chi connectivity index (χ3v) is 6.26. The number of hydrogen-bond donors (Lipinski definition) is 0. The van der Waals surface area contributed by atoms with Gasteiger partial charge in [-0.3, -0.25) is 4.79 Å². The van der Waals surface area contributed by atoms with Gasteiger partial charge in [0, 0.05) is 43.6 Å². The van der Waals surface area contributed by atoms with E-state index in [2.05, 4.69) is 0 Å². The highest BCUT2D eigenvalue weighted by Crippen LogP contribution is 2.31. The molecule has 2 aromatic rings. The minimum absolute atomic E-state index is 0.0424. The largest absolute Gasteiger partial charge is 0.466 e. The zero-order chi connectivity index (χ0) is 20.0. The van der Waals surface area contributed by atoms with Crippen LogP contribution in [-0.2, 0) is 19.6 Å². The number of sulfonamides is 1. The summed E-state index contributed by atoms with van der Waals surface area (Å²) in [4.78, 5) is 13.9. The van der Waals surface area contributed by atoms with Gasteiger partial charge >= 0.3 is 5.97 Å². The fourth-order valence-electron chi connectivity index (χ4n) is 3.07. The molecule has 148 valence electrons. The molecule has 0 N–H and O–H groups in total. The van der Waals surface area contributed by atoms with Gasteiger partial charge in [0.2, 0.25) is 10.0 Å². The first-order valence-electron chi connectivity index (χ1n) is 9.17. The molecule has 0 radical (unpaired) electrons. The molecule has 0 aromatic heterocycles. The number of carbonyl (C=O) groups is 1. The highest BCUT2D eigenvalue weighted by Gasteiger charge is 2.26. The predicted octanol–water partition coefficient (Wildman–Crippen LogP) is 3.26. The summed E-state index contributed by atoms with van der Waals surface area (Å²) in [6.45, 7) is 4.40. The van der Waals surface area contributed by atoms with Crippen molar-refractivity contribution in [3.05, 3.63) is 36.4 Å². The lowest BCUT2D eigenvalue weighted by Gasteiger charge is -2.23. The zero-order valence-electron chi connectivity index (χ0n) is 16.4. The van der Waals surface area contributed by atoms with Gasteiger partial charge in [-0.05, 0) is 25.5 Å². The van der Waals surface area contributed by atoms with Crippen molar-refractivity contribution in [3.63, 3.8) is 0 Å².